The molecule has 3 heterocycles. The summed E-state index contributed by atoms with van der Waals surface area (Å²) in [6, 6.07) is 14.9. The number of amidine groups is 1. The molecule has 2 aromatic carbocycles. The number of nitrogens with zero attached hydrogens (tertiary/aromatic N) is 4. The smallest absolute Gasteiger partial charge is 0.407 e. The van der Waals surface area contributed by atoms with Crippen LogP contribution in [-0.2, 0) is 19.1 Å². The molecule has 4 amide bonds. The number of likely N-dealkylation sites (tertiary alicyclic amines) is 2. The summed E-state index contributed by atoms with van der Waals surface area (Å²) in [6.07, 6.45) is 2.15. The number of alkyl carbamates (subject to hydrolysis) is 2. The Balaban J connectivity index is 1.24. The molecule has 49 heavy (non-hydrogen) atoms. The lowest BCUT2D eigenvalue weighted by molar-refractivity contribution is -0.135. The molecule has 3 aliphatic rings. The Hall–Kier alpha value is -4.74. The van der Waals surface area contributed by atoms with E-state index < -0.39 is 24.3 Å². The van der Waals surface area contributed by atoms with Gasteiger partial charge in [-0.05, 0) is 59.8 Å². The second-order valence-corrected chi connectivity index (χ2v) is 13.5. The summed E-state index contributed by atoms with van der Waals surface area (Å²) >= 11 is 0. The fourth-order valence-electron chi connectivity index (χ4n) is 6.89. The molecule has 0 aliphatic carbocycles. The van der Waals surface area contributed by atoms with Gasteiger partial charge in [-0.25, -0.2) is 14.6 Å². The Morgan fingerprint density at radius 1 is 0.694 bits per heavy atom. The highest BCUT2D eigenvalue weighted by Gasteiger charge is 2.39. The third-order valence-corrected chi connectivity index (χ3v) is 9.64. The molecule has 2 fully saturated rings. The zero-order chi connectivity index (χ0) is 35.2. The van der Waals surface area contributed by atoms with E-state index in [9.17, 15) is 19.2 Å². The van der Waals surface area contributed by atoms with Crippen LogP contribution in [0.3, 0.4) is 0 Å². The number of hydrogen-bond acceptors (Lipinski definition) is 8. The van der Waals surface area contributed by atoms with Crippen LogP contribution in [0.1, 0.15) is 70.5 Å². The third kappa shape index (κ3) is 7.95. The number of aliphatic imine (C=N–C) groups is 2. The summed E-state index contributed by atoms with van der Waals surface area (Å²) in [6.45, 7) is 9.30. The van der Waals surface area contributed by atoms with Gasteiger partial charge in [0.1, 0.15) is 17.9 Å². The minimum Gasteiger partial charge on any atom is -0.453 e. The Morgan fingerprint density at radius 2 is 1.14 bits per heavy atom. The van der Waals surface area contributed by atoms with Crippen LogP contribution in [0.25, 0.3) is 11.1 Å². The quantitative estimate of drug-likeness (QED) is 0.365. The molecule has 0 radical (unpaired) electrons. The van der Waals surface area contributed by atoms with E-state index in [2.05, 4.69) is 47.0 Å². The highest BCUT2D eigenvalue weighted by molar-refractivity contribution is 6.14. The molecule has 0 unspecified atom stereocenters. The maximum atomic E-state index is 13.5. The van der Waals surface area contributed by atoms with E-state index in [-0.39, 0.29) is 35.7 Å². The highest BCUT2D eigenvalue weighted by Crippen LogP contribution is 2.34. The summed E-state index contributed by atoms with van der Waals surface area (Å²) in [5.74, 6) is 0.237. The molecule has 2 aromatic rings. The Morgan fingerprint density at radius 3 is 1.63 bits per heavy atom. The lowest BCUT2D eigenvalue weighted by Crippen LogP contribution is -2.53. The van der Waals surface area contributed by atoms with Crippen molar-refractivity contribution < 1.29 is 28.7 Å². The van der Waals surface area contributed by atoms with Crippen LogP contribution in [0, 0.1) is 11.8 Å². The molecule has 2 saturated heterocycles. The lowest BCUT2D eigenvalue weighted by Gasteiger charge is -2.31. The van der Waals surface area contributed by atoms with Gasteiger partial charge in [-0.3, -0.25) is 14.6 Å². The molecule has 0 aromatic heterocycles. The summed E-state index contributed by atoms with van der Waals surface area (Å²) < 4.78 is 9.49. The largest absolute Gasteiger partial charge is 0.453 e. The summed E-state index contributed by atoms with van der Waals surface area (Å²) in [4.78, 5) is 64.1. The lowest BCUT2D eigenvalue weighted by atomic mass is 9.97. The molecule has 0 bridgehead atoms. The molecule has 0 spiro atoms. The van der Waals surface area contributed by atoms with Gasteiger partial charge in [0, 0.05) is 13.1 Å². The van der Waals surface area contributed by atoms with Gasteiger partial charge in [0.2, 0.25) is 11.8 Å². The van der Waals surface area contributed by atoms with E-state index in [1.54, 1.807) is 4.90 Å². The number of rotatable bonds is 10. The minimum atomic E-state index is -0.688. The van der Waals surface area contributed by atoms with Crippen molar-refractivity contribution in [2.24, 2.45) is 21.8 Å². The topological polar surface area (TPSA) is 142 Å². The first-order valence-corrected chi connectivity index (χ1v) is 17.1. The van der Waals surface area contributed by atoms with Crippen LogP contribution in [0.5, 0.6) is 0 Å². The third-order valence-electron chi connectivity index (χ3n) is 9.64. The average molecular weight is 673 g/mol. The number of carbonyl (C=O) groups excluding carboxylic acids is 4. The zero-order valence-corrected chi connectivity index (χ0v) is 29.3. The number of methoxy groups -OCH3 is 2. The van der Waals surface area contributed by atoms with E-state index >= 15 is 0 Å². The number of hydrogen-bond donors (Lipinski definition) is 2. The van der Waals surface area contributed by atoms with Crippen molar-refractivity contribution in [2.45, 2.75) is 77.5 Å². The van der Waals surface area contributed by atoms with Crippen LogP contribution < -0.4 is 10.6 Å². The zero-order valence-electron chi connectivity index (χ0n) is 29.3. The van der Waals surface area contributed by atoms with Crippen LogP contribution in [0.2, 0.25) is 0 Å². The van der Waals surface area contributed by atoms with Gasteiger partial charge in [-0.15, -0.1) is 0 Å². The van der Waals surface area contributed by atoms with Crippen molar-refractivity contribution in [3.8, 4) is 11.1 Å². The highest BCUT2D eigenvalue weighted by atomic mass is 16.5. The molecule has 12 heteroatoms. The van der Waals surface area contributed by atoms with Crippen LogP contribution in [0.15, 0.2) is 58.5 Å². The van der Waals surface area contributed by atoms with E-state index in [0.717, 1.165) is 53.6 Å². The van der Waals surface area contributed by atoms with E-state index in [1.807, 2.05) is 44.7 Å². The van der Waals surface area contributed by atoms with Crippen molar-refractivity contribution in [3.63, 3.8) is 0 Å². The Labute approximate surface area is 288 Å². The van der Waals surface area contributed by atoms with Gasteiger partial charge in [-0.1, -0.05) is 76.2 Å². The van der Waals surface area contributed by atoms with Gasteiger partial charge in [0.15, 0.2) is 0 Å². The molecule has 5 rings (SSSR count). The molecular weight excluding hydrogens is 624 g/mol. The predicted molar refractivity (Wildman–Crippen MR) is 187 cm³/mol. The van der Waals surface area contributed by atoms with Gasteiger partial charge in [-0.2, -0.15) is 0 Å². The number of carbonyl (C=O) groups is 4. The second kappa shape index (κ2) is 15.7. The van der Waals surface area contributed by atoms with Crippen LogP contribution >= 0.6 is 0 Å². The van der Waals surface area contributed by atoms with Crippen molar-refractivity contribution in [2.75, 3.05) is 33.9 Å². The van der Waals surface area contributed by atoms with Gasteiger partial charge in [0.25, 0.3) is 0 Å². The fourth-order valence-corrected chi connectivity index (χ4v) is 6.89. The van der Waals surface area contributed by atoms with Crippen molar-refractivity contribution in [1.82, 2.24) is 20.4 Å². The molecule has 262 valence electrons. The van der Waals surface area contributed by atoms with Gasteiger partial charge in [0.05, 0.1) is 38.6 Å². The van der Waals surface area contributed by atoms with Crippen molar-refractivity contribution in [1.29, 1.82) is 0 Å². The minimum absolute atomic E-state index is 0.0503. The fraction of sp³-hybridized carbons (Fsp3) is 0.514. The number of nitrogens with one attached hydrogen (secondary N) is 2. The maximum Gasteiger partial charge on any atom is 0.407 e. The van der Waals surface area contributed by atoms with Gasteiger partial charge >= 0.3 is 12.2 Å². The summed E-state index contributed by atoms with van der Waals surface area (Å²) in [7, 11) is 2.58. The molecular formula is C37H48N6O6. The normalized spacial score (nSPS) is 20.2. The standard InChI is InChI=1S/C37H48N6O6/c1-22(2)31(40-36(46)48-5)34(44)42-19-7-9-29(42)27-17-13-25(14-18-27)24-11-15-26(16-12-24)28-21-38-33(39-28)30-10-8-20-43(30)35(45)32(23(3)4)41-37(47)49-6/h11-18,22-23,29-32H,7-10,19-21H2,1-6H3,(H,40,46)(H,41,47)/t29-,30-,31-,32-/m0/s1. The monoisotopic (exact) mass is 672 g/mol. The van der Waals surface area contributed by atoms with E-state index in [4.69, 9.17) is 19.5 Å². The number of amides is 4. The van der Waals surface area contributed by atoms with Crippen LogP contribution in [-0.4, -0.2) is 97.3 Å². The van der Waals surface area contributed by atoms with Gasteiger partial charge < -0.3 is 29.9 Å². The van der Waals surface area contributed by atoms with Crippen LogP contribution in [0.4, 0.5) is 9.59 Å². The Kier molecular flexibility index (Phi) is 11.4. The van der Waals surface area contributed by atoms with Crippen molar-refractivity contribution >= 4 is 35.5 Å². The first kappa shape index (κ1) is 35.6. The molecule has 0 saturated carbocycles. The SMILES string of the molecule is COC(=O)N[C@H](C(=O)N1CCC[C@H]1C1=NCC(c2ccc(-c3ccc([C@@H]4CCCN4C(=O)[C@@H](NC(=O)OC)C(C)C)cc3)cc2)=N1)C(C)C. The molecule has 2 N–H and O–H groups in total. The summed E-state index contributed by atoms with van der Waals surface area (Å²) in [5.41, 5.74) is 5.02. The maximum absolute atomic E-state index is 13.5. The average Bonchev–Trinajstić information content (AvgIpc) is 3.90. The first-order chi connectivity index (χ1) is 23.5. The molecule has 12 nitrogen and oxygen atoms in total. The first-order valence-electron chi connectivity index (χ1n) is 17.1. The number of ether oxygens (including phenoxy) is 2. The van der Waals surface area contributed by atoms with E-state index in [1.165, 1.54) is 14.2 Å². The Bertz CT molecular complexity index is 1590. The van der Waals surface area contributed by atoms with Crippen molar-refractivity contribution in [3.05, 3.63) is 59.7 Å². The second-order valence-electron chi connectivity index (χ2n) is 13.5. The molecule has 3 aliphatic heterocycles. The van der Waals surface area contributed by atoms with E-state index in [0.29, 0.717) is 25.5 Å². The molecule has 4 atom stereocenters. The predicted octanol–water partition coefficient (Wildman–Crippen LogP) is 4.97. The number of benzene rings is 2. The summed E-state index contributed by atoms with van der Waals surface area (Å²) in [5, 5.41) is 5.39.